The van der Waals surface area contributed by atoms with Gasteiger partial charge in [0.15, 0.2) is 11.5 Å². The number of hydrogen-bond donors (Lipinski definition) is 2. The number of carbonyl (C=O) groups excluding carboxylic acids is 1. The quantitative estimate of drug-likeness (QED) is 0.858. The summed E-state index contributed by atoms with van der Waals surface area (Å²) in [6.07, 6.45) is -4.45. The normalized spacial score (nSPS) is 13.1. The highest BCUT2D eigenvalue weighted by Gasteiger charge is 2.30. The number of rotatable bonds is 5. The van der Waals surface area contributed by atoms with Gasteiger partial charge in [-0.05, 0) is 25.0 Å². The van der Waals surface area contributed by atoms with E-state index in [9.17, 15) is 23.1 Å². The molecule has 0 saturated heterocycles. The fourth-order valence-corrected chi connectivity index (χ4v) is 2.11. The SMILES string of the molecule is CC(C)[C@H](C)NC(=O)c1noc(-c2ccc(C(F)(F)F)cc2)c1CO. The molecule has 1 heterocycles. The second-order valence-corrected chi connectivity index (χ2v) is 6.08. The molecule has 1 aromatic carbocycles. The number of aromatic nitrogens is 1. The van der Waals surface area contributed by atoms with Crippen molar-refractivity contribution in [2.75, 3.05) is 0 Å². The van der Waals surface area contributed by atoms with E-state index in [0.717, 1.165) is 12.1 Å². The molecule has 2 N–H and O–H groups in total. The van der Waals surface area contributed by atoms with Gasteiger partial charge in [-0.3, -0.25) is 4.79 Å². The Labute approximate surface area is 142 Å². The lowest BCUT2D eigenvalue weighted by molar-refractivity contribution is -0.137. The molecular weight excluding hydrogens is 337 g/mol. The van der Waals surface area contributed by atoms with Gasteiger partial charge in [-0.1, -0.05) is 31.1 Å². The molecule has 136 valence electrons. The smallest absolute Gasteiger partial charge is 0.391 e. The monoisotopic (exact) mass is 356 g/mol. The highest BCUT2D eigenvalue weighted by molar-refractivity contribution is 5.95. The van der Waals surface area contributed by atoms with Crippen LogP contribution in [0.4, 0.5) is 13.2 Å². The van der Waals surface area contributed by atoms with Crippen molar-refractivity contribution in [2.45, 2.75) is 39.6 Å². The number of hydrogen-bond acceptors (Lipinski definition) is 4. The van der Waals surface area contributed by atoms with Gasteiger partial charge in [0.2, 0.25) is 0 Å². The van der Waals surface area contributed by atoms with E-state index in [-0.39, 0.29) is 29.0 Å². The Morgan fingerprint density at radius 3 is 2.32 bits per heavy atom. The summed E-state index contributed by atoms with van der Waals surface area (Å²) < 4.78 is 43.0. The molecular formula is C17H19F3N2O3. The summed E-state index contributed by atoms with van der Waals surface area (Å²) in [6.45, 7) is 5.18. The molecule has 0 unspecified atom stereocenters. The lowest BCUT2D eigenvalue weighted by atomic mass is 10.0. The molecule has 5 nitrogen and oxygen atoms in total. The highest BCUT2D eigenvalue weighted by atomic mass is 19.4. The summed E-state index contributed by atoms with van der Waals surface area (Å²) >= 11 is 0. The zero-order valence-corrected chi connectivity index (χ0v) is 14.0. The molecule has 25 heavy (non-hydrogen) atoms. The fraction of sp³-hybridized carbons (Fsp3) is 0.412. The average Bonchev–Trinajstić information content (AvgIpc) is 2.97. The van der Waals surface area contributed by atoms with Crippen molar-refractivity contribution in [1.29, 1.82) is 0 Å². The molecule has 8 heteroatoms. The van der Waals surface area contributed by atoms with Crippen molar-refractivity contribution in [1.82, 2.24) is 10.5 Å². The molecule has 2 rings (SSSR count). The number of nitrogens with one attached hydrogen (secondary N) is 1. The van der Waals surface area contributed by atoms with Crippen LogP contribution in [0.1, 0.15) is 42.4 Å². The van der Waals surface area contributed by atoms with Crippen LogP contribution < -0.4 is 5.32 Å². The van der Waals surface area contributed by atoms with Crippen molar-refractivity contribution >= 4 is 5.91 Å². The van der Waals surface area contributed by atoms with Crippen LogP contribution in [0.3, 0.4) is 0 Å². The van der Waals surface area contributed by atoms with E-state index < -0.39 is 24.3 Å². The largest absolute Gasteiger partial charge is 0.416 e. The fourth-order valence-electron chi connectivity index (χ4n) is 2.11. The first-order valence-electron chi connectivity index (χ1n) is 7.73. The minimum atomic E-state index is -4.45. The molecule has 0 fully saturated rings. The van der Waals surface area contributed by atoms with Crippen LogP contribution in [0, 0.1) is 5.92 Å². The lowest BCUT2D eigenvalue weighted by Gasteiger charge is -2.16. The zero-order chi connectivity index (χ0) is 18.8. The maximum atomic E-state index is 12.6. The van der Waals surface area contributed by atoms with Crippen LogP contribution in [-0.2, 0) is 12.8 Å². The molecule has 0 bridgehead atoms. The Morgan fingerprint density at radius 2 is 1.84 bits per heavy atom. The first-order chi connectivity index (χ1) is 11.6. The molecule has 0 aliphatic carbocycles. The van der Waals surface area contributed by atoms with Crippen LogP contribution in [0.5, 0.6) is 0 Å². The first kappa shape index (κ1) is 19.0. The van der Waals surface area contributed by atoms with Crippen molar-refractivity contribution < 1.29 is 27.6 Å². The van der Waals surface area contributed by atoms with Gasteiger partial charge in [-0.25, -0.2) is 0 Å². The van der Waals surface area contributed by atoms with Gasteiger partial charge in [-0.2, -0.15) is 13.2 Å². The van der Waals surface area contributed by atoms with E-state index in [1.54, 1.807) is 0 Å². The first-order valence-corrected chi connectivity index (χ1v) is 7.73. The summed E-state index contributed by atoms with van der Waals surface area (Å²) in [5.41, 5.74) is -0.455. The van der Waals surface area contributed by atoms with Crippen molar-refractivity contribution in [3.05, 3.63) is 41.1 Å². The highest BCUT2D eigenvalue weighted by Crippen LogP contribution is 2.32. The summed E-state index contributed by atoms with van der Waals surface area (Å²) in [6, 6.07) is 4.10. The third-order valence-electron chi connectivity index (χ3n) is 3.99. The molecule has 0 aliphatic rings. The van der Waals surface area contributed by atoms with E-state index in [4.69, 9.17) is 4.52 Å². The maximum absolute atomic E-state index is 12.6. The Bertz CT molecular complexity index is 737. The van der Waals surface area contributed by atoms with E-state index in [0.29, 0.717) is 5.56 Å². The number of aliphatic hydroxyl groups is 1. The average molecular weight is 356 g/mol. The Hall–Kier alpha value is -2.35. The molecule has 0 aliphatic heterocycles. The minimum Gasteiger partial charge on any atom is -0.391 e. The van der Waals surface area contributed by atoms with Crippen molar-refractivity contribution in [3.63, 3.8) is 0 Å². The molecule has 1 amide bonds. The molecule has 0 spiro atoms. The van der Waals surface area contributed by atoms with Crippen LogP contribution in [0.2, 0.25) is 0 Å². The van der Waals surface area contributed by atoms with E-state index in [1.807, 2.05) is 20.8 Å². The predicted molar refractivity (Wildman–Crippen MR) is 84.6 cm³/mol. The lowest BCUT2D eigenvalue weighted by Crippen LogP contribution is -2.36. The van der Waals surface area contributed by atoms with Gasteiger partial charge < -0.3 is 14.9 Å². The number of halogens is 3. The van der Waals surface area contributed by atoms with Gasteiger partial charge >= 0.3 is 6.18 Å². The number of nitrogens with zero attached hydrogens (tertiary/aromatic N) is 1. The summed E-state index contributed by atoms with van der Waals surface area (Å²) in [5.74, 6) is -0.242. The van der Waals surface area contributed by atoms with Gasteiger partial charge in [0.1, 0.15) is 0 Å². The summed E-state index contributed by atoms with van der Waals surface area (Å²) in [7, 11) is 0. The Morgan fingerprint density at radius 1 is 1.24 bits per heavy atom. The van der Waals surface area contributed by atoms with Gasteiger partial charge in [-0.15, -0.1) is 0 Å². The molecule has 2 aromatic rings. The third-order valence-corrected chi connectivity index (χ3v) is 3.99. The standard InChI is InChI=1S/C17H19F3N2O3/c1-9(2)10(3)21-16(24)14-13(8-23)15(25-22-14)11-4-6-12(7-5-11)17(18,19)20/h4-7,9-10,23H,8H2,1-3H3,(H,21,24)/t10-/m0/s1. The van der Waals surface area contributed by atoms with E-state index in [1.165, 1.54) is 12.1 Å². The second-order valence-electron chi connectivity index (χ2n) is 6.08. The summed E-state index contributed by atoms with van der Waals surface area (Å²) in [5, 5.41) is 16.0. The predicted octanol–water partition coefficient (Wildman–Crippen LogP) is 3.63. The third kappa shape index (κ3) is 4.19. The molecule has 0 saturated carbocycles. The number of carbonyl (C=O) groups is 1. The molecule has 0 radical (unpaired) electrons. The second kappa shape index (κ2) is 7.26. The number of alkyl halides is 3. The number of amides is 1. The number of aliphatic hydroxyl groups excluding tert-OH is 1. The van der Waals surface area contributed by atoms with Crippen LogP contribution in [0.15, 0.2) is 28.8 Å². The minimum absolute atomic E-state index is 0.0681. The van der Waals surface area contributed by atoms with Crippen LogP contribution >= 0.6 is 0 Å². The number of benzene rings is 1. The van der Waals surface area contributed by atoms with Gasteiger partial charge in [0.05, 0.1) is 17.7 Å². The van der Waals surface area contributed by atoms with E-state index in [2.05, 4.69) is 10.5 Å². The molecule has 1 aromatic heterocycles. The summed E-state index contributed by atoms with van der Waals surface area (Å²) in [4.78, 5) is 12.3. The Balaban J connectivity index is 2.32. The van der Waals surface area contributed by atoms with Gasteiger partial charge in [0, 0.05) is 11.6 Å². The van der Waals surface area contributed by atoms with Crippen molar-refractivity contribution in [3.8, 4) is 11.3 Å². The topological polar surface area (TPSA) is 75.4 Å². The van der Waals surface area contributed by atoms with E-state index >= 15 is 0 Å². The van der Waals surface area contributed by atoms with Crippen molar-refractivity contribution in [2.24, 2.45) is 5.92 Å². The molecule has 1 atom stereocenters. The zero-order valence-electron chi connectivity index (χ0n) is 14.0. The van der Waals surface area contributed by atoms with Crippen LogP contribution in [-0.4, -0.2) is 22.2 Å². The maximum Gasteiger partial charge on any atom is 0.416 e. The van der Waals surface area contributed by atoms with Crippen LogP contribution in [0.25, 0.3) is 11.3 Å². The Kier molecular flexibility index (Phi) is 5.52. The van der Waals surface area contributed by atoms with Gasteiger partial charge in [0.25, 0.3) is 5.91 Å².